The molecule has 2 aromatic rings. The van der Waals surface area contributed by atoms with E-state index in [0.29, 0.717) is 16.7 Å². The number of rotatable bonds is 6. The average molecular weight is 378 g/mol. The number of benzene rings is 2. The van der Waals surface area contributed by atoms with Crippen molar-refractivity contribution in [1.82, 2.24) is 5.48 Å². The minimum absolute atomic E-state index is 0.121. The van der Waals surface area contributed by atoms with Gasteiger partial charge in [-0.25, -0.2) is 13.9 Å². The molecule has 0 aliphatic heterocycles. The zero-order valence-corrected chi connectivity index (χ0v) is 14.7. The van der Waals surface area contributed by atoms with E-state index in [4.69, 9.17) is 10.9 Å². The summed E-state index contributed by atoms with van der Waals surface area (Å²) in [5.41, 5.74) is 5.70. The number of carbonyl (C=O) groups is 2. The molecule has 0 heterocycles. The summed E-state index contributed by atoms with van der Waals surface area (Å²) in [6.07, 6.45) is 0. The fraction of sp³-hybridized carbons (Fsp3) is 0.176. The van der Waals surface area contributed by atoms with Crippen LogP contribution in [0.4, 0.5) is 0 Å². The molecule has 0 radical (unpaired) electrons. The first-order valence-corrected chi connectivity index (χ1v) is 9.12. The summed E-state index contributed by atoms with van der Waals surface area (Å²) in [5, 5.41) is 18.5. The van der Waals surface area contributed by atoms with E-state index in [0.717, 1.165) is 6.92 Å². The number of hydrogen-bond acceptors (Lipinski definition) is 6. The number of sulfone groups is 1. The molecular weight excluding hydrogens is 360 g/mol. The number of aliphatic hydroxyl groups is 1. The largest absolute Gasteiger partial charge is 0.379 e. The second kappa shape index (κ2) is 7.24. The maximum absolute atomic E-state index is 12.4. The van der Waals surface area contributed by atoms with Gasteiger partial charge >= 0.3 is 0 Å². The first-order chi connectivity index (χ1) is 12.1. The smallest absolute Gasteiger partial charge is 0.276 e. The van der Waals surface area contributed by atoms with Crippen LogP contribution in [0.25, 0.3) is 11.1 Å². The molecule has 8 nitrogen and oxygen atoms in total. The maximum atomic E-state index is 12.4. The fourth-order valence-corrected chi connectivity index (χ4v) is 4.02. The van der Waals surface area contributed by atoms with E-state index in [2.05, 4.69) is 0 Å². The molecule has 1 atom stereocenters. The highest BCUT2D eigenvalue weighted by molar-refractivity contribution is 7.91. The van der Waals surface area contributed by atoms with Crippen LogP contribution < -0.4 is 11.2 Å². The van der Waals surface area contributed by atoms with Gasteiger partial charge in [-0.2, -0.15) is 0 Å². The summed E-state index contributed by atoms with van der Waals surface area (Å²) in [6, 6.07) is 12.2. The van der Waals surface area contributed by atoms with Gasteiger partial charge in [-0.1, -0.05) is 30.3 Å². The minimum Gasteiger partial charge on any atom is -0.379 e. The Hall–Kier alpha value is -2.75. The Kier molecular flexibility index (Phi) is 5.45. The van der Waals surface area contributed by atoms with Crippen molar-refractivity contribution in [2.24, 2.45) is 5.73 Å². The third kappa shape index (κ3) is 4.07. The van der Waals surface area contributed by atoms with Crippen molar-refractivity contribution in [3.63, 3.8) is 0 Å². The highest BCUT2D eigenvalue weighted by atomic mass is 32.2. The van der Waals surface area contributed by atoms with Gasteiger partial charge in [-0.15, -0.1) is 0 Å². The van der Waals surface area contributed by atoms with Crippen molar-refractivity contribution in [3.05, 3.63) is 54.1 Å². The predicted molar refractivity (Wildman–Crippen MR) is 93.0 cm³/mol. The predicted octanol–water partition coefficient (Wildman–Crippen LogP) is 0.483. The molecule has 0 spiro atoms. The van der Waals surface area contributed by atoms with Gasteiger partial charge in [0.2, 0.25) is 5.91 Å². The summed E-state index contributed by atoms with van der Waals surface area (Å²) in [5.74, 6) is -2.75. The third-order valence-electron chi connectivity index (χ3n) is 3.78. The molecule has 0 aliphatic carbocycles. The van der Waals surface area contributed by atoms with Crippen molar-refractivity contribution < 1.29 is 28.3 Å². The molecule has 2 rings (SSSR count). The number of nitrogens with one attached hydrogen (secondary N) is 1. The van der Waals surface area contributed by atoms with E-state index in [9.17, 15) is 23.1 Å². The van der Waals surface area contributed by atoms with Gasteiger partial charge in [0, 0.05) is 5.56 Å². The minimum atomic E-state index is -4.01. The van der Waals surface area contributed by atoms with Crippen molar-refractivity contribution in [3.8, 4) is 11.1 Å². The molecule has 0 saturated heterocycles. The van der Waals surface area contributed by atoms with Crippen LogP contribution in [0.1, 0.15) is 17.3 Å². The average Bonchev–Trinajstić information content (AvgIpc) is 2.60. The fourth-order valence-electron chi connectivity index (χ4n) is 2.43. The molecule has 138 valence electrons. The standard InChI is InChI=1S/C17H18N2O6S/c1-17(22,16(21)19-23)10-26(24,25)12-8-6-11(7-9-12)13-4-2-3-5-14(13)15(18)20/h2-9,22-23H,10H2,1H3,(H2,18,20)(H,19,21). The third-order valence-corrected chi connectivity index (χ3v) is 5.71. The number of nitrogens with two attached hydrogens (primary N) is 1. The van der Waals surface area contributed by atoms with Crippen LogP contribution in [-0.2, 0) is 14.6 Å². The van der Waals surface area contributed by atoms with Crippen LogP contribution in [0.3, 0.4) is 0 Å². The summed E-state index contributed by atoms with van der Waals surface area (Å²) in [4.78, 5) is 22.8. The number of amides is 2. The van der Waals surface area contributed by atoms with Crippen LogP contribution in [0.2, 0.25) is 0 Å². The first-order valence-electron chi connectivity index (χ1n) is 7.47. The summed E-state index contributed by atoms with van der Waals surface area (Å²) >= 11 is 0. The van der Waals surface area contributed by atoms with E-state index < -0.39 is 33.0 Å². The lowest BCUT2D eigenvalue weighted by Gasteiger charge is -2.20. The highest BCUT2D eigenvalue weighted by Gasteiger charge is 2.36. The quantitative estimate of drug-likeness (QED) is 0.425. The monoisotopic (exact) mass is 378 g/mol. The topological polar surface area (TPSA) is 147 Å². The Morgan fingerprint density at radius 1 is 1.12 bits per heavy atom. The molecule has 2 amide bonds. The van der Waals surface area contributed by atoms with Crippen molar-refractivity contribution in [2.75, 3.05) is 5.75 Å². The maximum Gasteiger partial charge on any atom is 0.276 e. The number of hydroxylamine groups is 1. The second-order valence-corrected chi connectivity index (χ2v) is 7.90. The lowest BCUT2D eigenvalue weighted by Crippen LogP contribution is -2.48. The molecule has 0 fully saturated rings. The van der Waals surface area contributed by atoms with E-state index in [-0.39, 0.29) is 4.90 Å². The van der Waals surface area contributed by atoms with Gasteiger partial charge in [-0.3, -0.25) is 14.8 Å². The molecule has 2 aromatic carbocycles. The molecule has 0 saturated carbocycles. The van der Waals surface area contributed by atoms with E-state index >= 15 is 0 Å². The summed E-state index contributed by atoms with van der Waals surface area (Å²) in [7, 11) is -4.01. The lowest BCUT2D eigenvalue weighted by atomic mass is 9.99. The number of carbonyl (C=O) groups excluding carboxylic acids is 2. The summed E-state index contributed by atoms with van der Waals surface area (Å²) in [6.45, 7) is 0.980. The number of hydrogen-bond donors (Lipinski definition) is 4. The van der Waals surface area contributed by atoms with Crippen LogP contribution >= 0.6 is 0 Å². The lowest BCUT2D eigenvalue weighted by molar-refractivity contribution is -0.144. The van der Waals surface area contributed by atoms with Crippen molar-refractivity contribution >= 4 is 21.7 Å². The van der Waals surface area contributed by atoms with Gasteiger partial charge in [0.15, 0.2) is 15.4 Å². The van der Waals surface area contributed by atoms with Crippen LogP contribution in [0.15, 0.2) is 53.4 Å². The molecule has 0 aromatic heterocycles. The van der Waals surface area contributed by atoms with Gasteiger partial charge in [0.05, 0.1) is 10.6 Å². The Morgan fingerprint density at radius 2 is 1.69 bits per heavy atom. The molecule has 26 heavy (non-hydrogen) atoms. The van der Waals surface area contributed by atoms with Crippen LogP contribution in [0.5, 0.6) is 0 Å². The van der Waals surface area contributed by atoms with Crippen molar-refractivity contribution in [2.45, 2.75) is 17.4 Å². The number of primary amides is 1. The second-order valence-electron chi connectivity index (χ2n) is 5.91. The van der Waals surface area contributed by atoms with Gasteiger partial charge in [-0.05, 0) is 36.2 Å². The Labute approximate surface area is 150 Å². The van der Waals surface area contributed by atoms with Crippen LogP contribution in [0, 0.1) is 0 Å². The molecule has 0 aliphatic rings. The zero-order valence-electron chi connectivity index (χ0n) is 13.8. The molecular formula is C17H18N2O6S. The first kappa shape index (κ1) is 19.6. The zero-order chi connectivity index (χ0) is 19.5. The van der Waals surface area contributed by atoms with E-state index in [1.807, 2.05) is 0 Å². The van der Waals surface area contributed by atoms with Gasteiger partial charge < -0.3 is 10.8 Å². The van der Waals surface area contributed by atoms with Crippen molar-refractivity contribution in [1.29, 1.82) is 0 Å². The molecule has 9 heteroatoms. The Bertz CT molecular complexity index is 936. The van der Waals surface area contributed by atoms with Crippen LogP contribution in [-0.4, -0.2) is 41.9 Å². The van der Waals surface area contributed by atoms with E-state index in [1.165, 1.54) is 29.7 Å². The van der Waals surface area contributed by atoms with Gasteiger partial charge in [0.25, 0.3) is 5.91 Å². The normalized spacial score (nSPS) is 13.7. The summed E-state index contributed by atoms with van der Waals surface area (Å²) < 4.78 is 24.8. The molecule has 1 unspecified atom stereocenters. The molecule has 0 bridgehead atoms. The SMILES string of the molecule is CC(O)(CS(=O)(=O)c1ccc(-c2ccccc2C(N)=O)cc1)C(=O)NO. The van der Waals surface area contributed by atoms with E-state index in [1.54, 1.807) is 24.3 Å². The van der Waals surface area contributed by atoms with Gasteiger partial charge in [0.1, 0.15) is 0 Å². The Balaban J connectivity index is 2.36. The molecule has 5 N–H and O–H groups in total. The highest BCUT2D eigenvalue weighted by Crippen LogP contribution is 2.26. The Morgan fingerprint density at radius 3 is 2.23 bits per heavy atom.